The van der Waals surface area contributed by atoms with E-state index >= 15 is 0 Å². The van der Waals surface area contributed by atoms with Crippen LogP contribution >= 0.6 is 0 Å². The van der Waals surface area contributed by atoms with Crippen LogP contribution in [0, 0.1) is 0 Å². The van der Waals surface area contributed by atoms with Crippen molar-refractivity contribution in [2.24, 2.45) is 0 Å². The highest BCUT2D eigenvalue weighted by Crippen LogP contribution is 2.23. The maximum Gasteiger partial charge on any atom is 0.254 e. The minimum Gasteiger partial charge on any atom is -0.370 e. The van der Waals surface area contributed by atoms with Crippen molar-refractivity contribution in [1.29, 1.82) is 0 Å². The molecule has 0 unspecified atom stereocenters. The molecule has 2 aromatic carbocycles. The van der Waals surface area contributed by atoms with Gasteiger partial charge in [0.05, 0.1) is 30.8 Å². The fraction of sp³-hybridized carbons (Fsp3) is 0.286. The maximum atomic E-state index is 12.8. The maximum absolute atomic E-state index is 12.8. The van der Waals surface area contributed by atoms with Crippen LogP contribution in [0.15, 0.2) is 54.6 Å². The Morgan fingerprint density at radius 3 is 2.64 bits per heavy atom. The zero-order valence-electron chi connectivity index (χ0n) is 15.3. The van der Waals surface area contributed by atoms with Gasteiger partial charge in [-0.25, -0.2) is 0 Å². The van der Waals surface area contributed by atoms with Gasteiger partial charge in [-0.1, -0.05) is 42.5 Å². The number of hydrogen-bond acceptors (Lipinski definition) is 4. The number of fused-ring (bicyclic) bond motifs is 1. The van der Waals surface area contributed by atoms with Crippen LogP contribution < -0.4 is 10.6 Å². The summed E-state index contributed by atoms with van der Waals surface area (Å²) in [4.78, 5) is 39.4. The first-order valence-corrected chi connectivity index (χ1v) is 9.27. The largest absolute Gasteiger partial charge is 0.370 e. The van der Waals surface area contributed by atoms with Crippen molar-refractivity contribution >= 4 is 23.4 Å². The lowest BCUT2D eigenvalue weighted by molar-refractivity contribution is -0.140. The second-order valence-corrected chi connectivity index (χ2v) is 6.87. The molecule has 1 fully saturated rings. The van der Waals surface area contributed by atoms with E-state index in [-0.39, 0.29) is 30.2 Å². The molecule has 0 aliphatic carbocycles. The third-order valence-corrected chi connectivity index (χ3v) is 5.02. The third kappa shape index (κ3) is 3.75. The summed E-state index contributed by atoms with van der Waals surface area (Å²) in [6.07, 6.45) is -0.284. The van der Waals surface area contributed by atoms with E-state index in [2.05, 4.69) is 10.6 Å². The molecule has 0 spiro atoms. The monoisotopic (exact) mass is 379 g/mol. The van der Waals surface area contributed by atoms with Crippen molar-refractivity contribution < 1.29 is 19.1 Å². The van der Waals surface area contributed by atoms with Crippen molar-refractivity contribution in [2.45, 2.75) is 18.6 Å². The third-order valence-electron chi connectivity index (χ3n) is 5.02. The Morgan fingerprint density at radius 2 is 1.82 bits per heavy atom. The topological polar surface area (TPSA) is 87.7 Å². The van der Waals surface area contributed by atoms with Gasteiger partial charge in [0, 0.05) is 6.54 Å². The molecule has 28 heavy (non-hydrogen) atoms. The van der Waals surface area contributed by atoms with E-state index in [0.29, 0.717) is 30.9 Å². The fourth-order valence-electron chi connectivity index (χ4n) is 3.50. The SMILES string of the molecule is O=C1N[C@@H](CC(=O)N2CCO[C@H](c3ccccc3)C2)C(=O)Nc2ccccc21. The van der Waals surface area contributed by atoms with Crippen LogP contribution in [-0.2, 0) is 14.3 Å². The minimum atomic E-state index is -0.912. The van der Waals surface area contributed by atoms with Crippen LogP contribution in [0.1, 0.15) is 28.4 Å². The van der Waals surface area contributed by atoms with Crippen LogP contribution in [0.4, 0.5) is 5.69 Å². The number of nitrogens with one attached hydrogen (secondary N) is 2. The summed E-state index contributed by atoms with van der Waals surface area (Å²) in [5, 5.41) is 5.40. The van der Waals surface area contributed by atoms with Gasteiger partial charge in [0.1, 0.15) is 12.1 Å². The molecule has 2 aliphatic rings. The first kappa shape index (κ1) is 18.2. The Labute approximate surface area is 162 Å². The number of morpholine rings is 1. The average Bonchev–Trinajstić information content (AvgIpc) is 2.85. The quantitative estimate of drug-likeness (QED) is 0.850. The molecule has 7 heteroatoms. The summed E-state index contributed by atoms with van der Waals surface area (Å²) in [6, 6.07) is 15.6. The fourth-order valence-corrected chi connectivity index (χ4v) is 3.50. The van der Waals surface area contributed by atoms with E-state index in [4.69, 9.17) is 4.74 Å². The number of amides is 3. The van der Waals surface area contributed by atoms with Gasteiger partial charge >= 0.3 is 0 Å². The molecule has 0 bridgehead atoms. The Balaban J connectivity index is 1.43. The summed E-state index contributed by atoms with van der Waals surface area (Å²) >= 11 is 0. The Kier molecular flexibility index (Phi) is 5.08. The van der Waals surface area contributed by atoms with Gasteiger partial charge < -0.3 is 20.3 Å². The van der Waals surface area contributed by atoms with Gasteiger partial charge in [0.2, 0.25) is 11.8 Å². The normalized spacial score (nSPS) is 21.9. The van der Waals surface area contributed by atoms with Crippen molar-refractivity contribution in [3.8, 4) is 0 Å². The minimum absolute atomic E-state index is 0.0902. The Hall–Kier alpha value is -3.19. The zero-order chi connectivity index (χ0) is 19.5. The molecule has 0 aromatic heterocycles. The van der Waals surface area contributed by atoms with E-state index < -0.39 is 6.04 Å². The molecule has 0 radical (unpaired) electrons. The van der Waals surface area contributed by atoms with Gasteiger partial charge in [-0.05, 0) is 17.7 Å². The number of carbonyl (C=O) groups is 3. The zero-order valence-corrected chi connectivity index (χ0v) is 15.3. The number of benzene rings is 2. The van der Waals surface area contributed by atoms with E-state index in [1.165, 1.54) is 0 Å². The van der Waals surface area contributed by atoms with Crippen molar-refractivity contribution in [2.75, 3.05) is 25.0 Å². The molecule has 7 nitrogen and oxygen atoms in total. The van der Waals surface area contributed by atoms with Gasteiger partial charge in [0.25, 0.3) is 5.91 Å². The van der Waals surface area contributed by atoms with Gasteiger partial charge in [-0.15, -0.1) is 0 Å². The Morgan fingerprint density at radius 1 is 1.07 bits per heavy atom. The van der Waals surface area contributed by atoms with Gasteiger partial charge in [-0.2, -0.15) is 0 Å². The van der Waals surface area contributed by atoms with Crippen molar-refractivity contribution in [1.82, 2.24) is 10.2 Å². The molecule has 2 heterocycles. The van der Waals surface area contributed by atoms with E-state index in [1.807, 2.05) is 30.3 Å². The van der Waals surface area contributed by atoms with E-state index in [0.717, 1.165) is 5.56 Å². The van der Waals surface area contributed by atoms with Crippen LogP contribution in [0.3, 0.4) is 0 Å². The molecular formula is C21H21N3O4. The van der Waals surface area contributed by atoms with Gasteiger partial charge in [0.15, 0.2) is 0 Å². The smallest absolute Gasteiger partial charge is 0.254 e. The van der Waals surface area contributed by atoms with E-state index in [1.54, 1.807) is 29.2 Å². The number of para-hydroxylation sites is 1. The lowest BCUT2D eigenvalue weighted by atomic mass is 10.1. The average molecular weight is 379 g/mol. The van der Waals surface area contributed by atoms with Crippen LogP contribution in [0.25, 0.3) is 0 Å². The summed E-state index contributed by atoms with van der Waals surface area (Å²) in [6.45, 7) is 1.32. The molecule has 2 aromatic rings. The highest BCUT2D eigenvalue weighted by atomic mass is 16.5. The summed E-state index contributed by atoms with van der Waals surface area (Å²) in [7, 11) is 0. The first-order valence-electron chi connectivity index (χ1n) is 9.27. The lowest BCUT2D eigenvalue weighted by Gasteiger charge is -2.34. The van der Waals surface area contributed by atoms with Crippen LogP contribution in [0.5, 0.6) is 0 Å². The number of ether oxygens (including phenoxy) is 1. The molecule has 2 aliphatic heterocycles. The standard InChI is InChI=1S/C21H21N3O4/c25-19(24-10-11-28-18(13-24)14-6-2-1-3-7-14)12-17-21(27)22-16-9-5-4-8-15(16)20(26)23-17/h1-9,17-18H,10-13H2,(H,22,27)(H,23,26)/t17-,18-/m0/s1. The molecule has 3 amide bonds. The predicted octanol–water partition coefficient (Wildman–Crippen LogP) is 1.73. The molecular weight excluding hydrogens is 358 g/mol. The Bertz CT molecular complexity index is 900. The summed E-state index contributed by atoms with van der Waals surface area (Å²) < 4.78 is 5.79. The van der Waals surface area contributed by atoms with Crippen molar-refractivity contribution in [3.63, 3.8) is 0 Å². The second kappa shape index (κ2) is 7.82. The number of rotatable bonds is 3. The number of carbonyl (C=O) groups excluding carboxylic acids is 3. The highest BCUT2D eigenvalue weighted by molar-refractivity contribution is 6.10. The van der Waals surface area contributed by atoms with Gasteiger partial charge in [-0.3, -0.25) is 14.4 Å². The number of hydrogen-bond donors (Lipinski definition) is 2. The second-order valence-electron chi connectivity index (χ2n) is 6.87. The predicted molar refractivity (Wildman–Crippen MR) is 103 cm³/mol. The van der Waals surface area contributed by atoms with Crippen LogP contribution in [-0.4, -0.2) is 48.4 Å². The first-order chi connectivity index (χ1) is 13.6. The molecule has 144 valence electrons. The van der Waals surface area contributed by atoms with E-state index in [9.17, 15) is 14.4 Å². The summed E-state index contributed by atoms with van der Waals surface area (Å²) in [5.41, 5.74) is 1.85. The molecule has 2 N–H and O–H groups in total. The van der Waals surface area contributed by atoms with Crippen molar-refractivity contribution in [3.05, 3.63) is 65.7 Å². The number of anilines is 1. The summed E-state index contributed by atoms with van der Waals surface area (Å²) in [5.74, 6) is -0.939. The molecule has 1 saturated heterocycles. The number of nitrogens with zero attached hydrogens (tertiary/aromatic N) is 1. The van der Waals surface area contributed by atoms with Crippen LogP contribution in [0.2, 0.25) is 0 Å². The molecule has 4 rings (SSSR count). The molecule has 0 saturated carbocycles. The highest BCUT2D eigenvalue weighted by Gasteiger charge is 2.32. The lowest BCUT2D eigenvalue weighted by Crippen LogP contribution is -2.48. The molecule has 2 atom stereocenters.